The van der Waals surface area contributed by atoms with Gasteiger partial charge in [0.2, 0.25) is 0 Å². The van der Waals surface area contributed by atoms with Crippen LogP contribution in [0.25, 0.3) is 11.3 Å². The van der Waals surface area contributed by atoms with Gasteiger partial charge in [0, 0.05) is 0 Å². The average molecular weight is 227 g/mol. The van der Waals surface area contributed by atoms with Crippen molar-refractivity contribution < 1.29 is 4.42 Å². The quantitative estimate of drug-likeness (QED) is 0.695. The summed E-state index contributed by atoms with van der Waals surface area (Å²) in [6, 6.07) is 7.36. The number of aryl methyl sites for hydroxylation is 1. The van der Waals surface area contributed by atoms with E-state index in [1.54, 1.807) is 6.26 Å². The van der Waals surface area contributed by atoms with Crippen LogP contribution in [0.3, 0.4) is 0 Å². The van der Waals surface area contributed by atoms with Crippen molar-refractivity contribution in [1.82, 2.24) is 0 Å². The first-order valence-electron chi connectivity index (χ1n) is 4.18. The Hall–Kier alpha value is -0.920. The van der Waals surface area contributed by atoms with E-state index >= 15 is 0 Å². The molecule has 0 aliphatic heterocycles. The zero-order valence-corrected chi connectivity index (χ0v) is 9.06. The van der Waals surface area contributed by atoms with Crippen LogP contribution in [-0.4, -0.2) is 0 Å². The van der Waals surface area contributed by atoms with Crippen LogP contribution >= 0.6 is 23.2 Å². The molecule has 1 nitrogen and oxygen atoms in total. The molecule has 2 rings (SSSR count). The van der Waals surface area contributed by atoms with Gasteiger partial charge in [0.25, 0.3) is 0 Å². The standard InChI is InChI=1S/C11H8Cl2O/c1-7-4-5-8(12)10(11(7)13)9-3-2-6-14-9/h2-6H,1H3. The lowest BCUT2D eigenvalue weighted by molar-refractivity contribution is 0.582. The smallest absolute Gasteiger partial charge is 0.136 e. The zero-order chi connectivity index (χ0) is 10.1. The van der Waals surface area contributed by atoms with Gasteiger partial charge in [-0.1, -0.05) is 29.3 Å². The maximum atomic E-state index is 6.15. The Bertz CT molecular complexity index is 447. The molecule has 0 radical (unpaired) electrons. The van der Waals surface area contributed by atoms with Gasteiger partial charge in [-0.3, -0.25) is 0 Å². The van der Waals surface area contributed by atoms with Crippen molar-refractivity contribution in [2.45, 2.75) is 6.92 Å². The van der Waals surface area contributed by atoms with E-state index in [1.807, 2.05) is 31.2 Å². The molecule has 0 N–H and O–H groups in total. The third-order valence-electron chi connectivity index (χ3n) is 2.05. The van der Waals surface area contributed by atoms with E-state index < -0.39 is 0 Å². The first-order valence-corrected chi connectivity index (χ1v) is 4.94. The van der Waals surface area contributed by atoms with E-state index in [2.05, 4.69) is 0 Å². The van der Waals surface area contributed by atoms with Gasteiger partial charge in [-0.15, -0.1) is 0 Å². The Morgan fingerprint density at radius 2 is 1.93 bits per heavy atom. The fourth-order valence-electron chi connectivity index (χ4n) is 1.30. The maximum absolute atomic E-state index is 6.15. The molecular weight excluding hydrogens is 219 g/mol. The summed E-state index contributed by atoms with van der Waals surface area (Å²) in [5.41, 5.74) is 1.75. The molecule has 3 heteroatoms. The first-order chi connectivity index (χ1) is 6.70. The lowest BCUT2D eigenvalue weighted by Gasteiger charge is -2.06. The molecule has 1 aromatic heterocycles. The van der Waals surface area contributed by atoms with Crippen LogP contribution in [0.15, 0.2) is 34.9 Å². The summed E-state index contributed by atoms with van der Waals surface area (Å²) in [4.78, 5) is 0. The molecule has 0 atom stereocenters. The van der Waals surface area contributed by atoms with Crippen LogP contribution in [0.5, 0.6) is 0 Å². The van der Waals surface area contributed by atoms with E-state index in [1.165, 1.54) is 0 Å². The molecule has 0 unspecified atom stereocenters. The van der Waals surface area contributed by atoms with Crippen molar-refractivity contribution in [3.8, 4) is 11.3 Å². The van der Waals surface area contributed by atoms with Crippen molar-refractivity contribution in [2.75, 3.05) is 0 Å². The van der Waals surface area contributed by atoms with Gasteiger partial charge in [0.1, 0.15) is 5.76 Å². The Morgan fingerprint density at radius 3 is 2.57 bits per heavy atom. The number of hydrogen-bond donors (Lipinski definition) is 0. The van der Waals surface area contributed by atoms with Crippen LogP contribution in [0, 0.1) is 6.92 Å². The molecule has 0 aliphatic carbocycles. The van der Waals surface area contributed by atoms with Crippen LogP contribution in [-0.2, 0) is 0 Å². The van der Waals surface area contributed by atoms with Crippen molar-refractivity contribution in [1.29, 1.82) is 0 Å². The van der Waals surface area contributed by atoms with Crippen LogP contribution in [0.4, 0.5) is 0 Å². The molecule has 1 aromatic carbocycles. The molecule has 0 spiro atoms. The fourth-order valence-corrected chi connectivity index (χ4v) is 1.86. The Labute approximate surface area is 92.3 Å². The van der Waals surface area contributed by atoms with Gasteiger partial charge in [-0.2, -0.15) is 0 Å². The molecule has 14 heavy (non-hydrogen) atoms. The minimum atomic E-state index is 0.607. The third-order valence-corrected chi connectivity index (χ3v) is 2.85. The normalized spacial score (nSPS) is 10.5. The summed E-state index contributed by atoms with van der Waals surface area (Å²) in [6.07, 6.45) is 1.60. The van der Waals surface area contributed by atoms with Gasteiger partial charge >= 0.3 is 0 Å². The molecule has 1 heterocycles. The topological polar surface area (TPSA) is 13.1 Å². The first kappa shape index (κ1) is 9.63. The largest absolute Gasteiger partial charge is 0.464 e. The number of halogens is 2. The predicted octanol–water partition coefficient (Wildman–Crippen LogP) is 4.56. The fraction of sp³-hybridized carbons (Fsp3) is 0.0909. The van der Waals surface area contributed by atoms with Crippen LogP contribution < -0.4 is 0 Å². The summed E-state index contributed by atoms with van der Waals surface area (Å²) in [6.45, 7) is 1.94. The Balaban J connectivity index is 2.69. The van der Waals surface area contributed by atoms with Gasteiger partial charge in [0.15, 0.2) is 0 Å². The highest BCUT2D eigenvalue weighted by molar-refractivity contribution is 6.39. The molecule has 0 saturated carbocycles. The number of furan rings is 1. The minimum absolute atomic E-state index is 0.607. The minimum Gasteiger partial charge on any atom is -0.464 e. The second kappa shape index (κ2) is 3.68. The van der Waals surface area contributed by atoms with E-state index in [-0.39, 0.29) is 0 Å². The summed E-state index contributed by atoms with van der Waals surface area (Å²) in [5.74, 6) is 0.698. The average Bonchev–Trinajstić information content (AvgIpc) is 2.65. The lowest BCUT2D eigenvalue weighted by atomic mass is 10.1. The SMILES string of the molecule is Cc1ccc(Cl)c(-c2ccco2)c1Cl. The lowest BCUT2D eigenvalue weighted by Crippen LogP contribution is -1.82. The third kappa shape index (κ3) is 1.54. The number of rotatable bonds is 1. The highest BCUT2D eigenvalue weighted by Gasteiger charge is 2.12. The van der Waals surface area contributed by atoms with Crippen molar-refractivity contribution in [3.63, 3.8) is 0 Å². The summed E-state index contributed by atoms with van der Waals surface area (Å²) >= 11 is 12.2. The van der Waals surface area contributed by atoms with E-state index in [0.29, 0.717) is 15.8 Å². The van der Waals surface area contributed by atoms with E-state index in [4.69, 9.17) is 27.6 Å². The molecule has 0 saturated heterocycles. The monoisotopic (exact) mass is 226 g/mol. The second-order valence-electron chi connectivity index (χ2n) is 3.03. The molecule has 0 aliphatic rings. The highest BCUT2D eigenvalue weighted by Crippen LogP contribution is 2.36. The van der Waals surface area contributed by atoms with Gasteiger partial charge in [-0.25, -0.2) is 0 Å². The Morgan fingerprint density at radius 1 is 1.14 bits per heavy atom. The molecule has 0 fully saturated rings. The summed E-state index contributed by atoms with van der Waals surface area (Å²) < 4.78 is 5.27. The zero-order valence-electron chi connectivity index (χ0n) is 7.55. The molecule has 2 aromatic rings. The molecule has 72 valence electrons. The van der Waals surface area contributed by atoms with Crippen molar-refractivity contribution in [3.05, 3.63) is 46.1 Å². The van der Waals surface area contributed by atoms with Gasteiger partial charge in [0.05, 0.1) is 21.9 Å². The van der Waals surface area contributed by atoms with Crippen LogP contribution in [0.2, 0.25) is 10.0 Å². The molecular formula is C11H8Cl2O. The number of benzene rings is 1. The molecule has 0 amide bonds. The number of hydrogen-bond acceptors (Lipinski definition) is 1. The second-order valence-corrected chi connectivity index (χ2v) is 3.82. The van der Waals surface area contributed by atoms with Gasteiger partial charge < -0.3 is 4.42 Å². The van der Waals surface area contributed by atoms with E-state index in [0.717, 1.165) is 11.1 Å². The molecule has 0 bridgehead atoms. The summed E-state index contributed by atoms with van der Waals surface area (Å²) in [5, 5.41) is 1.25. The summed E-state index contributed by atoms with van der Waals surface area (Å²) in [7, 11) is 0. The maximum Gasteiger partial charge on any atom is 0.136 e. The van der Waals surface area contributed by atoms with Crippen LogP contribution in [0.1, 0.15) is 5.56 Å². The Kier molecular flexibility index (Phi) is 2.53. The van der Waals surface area contributed by atoms with E-state index in [9.17, 15) is 0 Å². The van der Waals surface area contributed by atoms with Crippen molar-refractivity contribution in [2.24, 2.45) is 0 Å². The van der Waals surface area contributed by atoms with Crippen molar-refractivity contribution >= 4 is 23.2 Å². The van der Waals surface area contributed by atoms with Gasteiger partial charge in [-0.05, 0) is 30.7 Å². The highest BCUT2D eigenvalue weighted by atomic mass is 35.5. The predicted molar refractivity (Wildman–Crippen MR) is 58.9 cm³/mol.